The van der Waals surface area contributed by atoms with E-state index in [1.807, 2.05) is 42.5 Å². The van der Waals surface area contributed by atoms with Gasteiger partial charge in [-0.05, 0) is 50.5 Å². The van der Waals surface area contributed by atoms with Gasteiger partial charge in [0.25, 0.3) is 5.91 Å². The third-order valence-corrected chi connectivity index (χ3v) is 4.76. The van der Waals surface area contributed by atoms with Gasteiger partial charge in [0, 0.05) is 16.8 Å². The number of carbonyl (C=O) groups is 1. The molecular formula is C20H25N2O+. The van der Waals surface area contributed by atoms with Crippen LogP contribution in [-0.2, 0) is 6.54 Å². The Morgan fingerprint density at radius 3 is 2.52 bits per heavy atom. The molecule has 1 heterocycles. The molecule has 1 amide bonds. The van der Waals surface area contributed by atoms with Crippen molar-refractivity contribution >= 4 is 11.6 Å². The molecule has 2 atom stereocenters. The topological polar surface area (TPSA) is 33.5 Å². The first-order valence-corrected chi connectivity index (χ1v) is 8.52. The number of para-hydroxylation sites is 1. The minimum atomic E-state index is -0.0542. The van der Waals surface area contributed by atoms with E-state index >= 15 is 0 Å². The largest absolute Gasteiger partial charge is 0.329 e. The third kappa shape index (κ3) is 4.20. The fourth-order valence-electron chi connectivity index (χ4n) is 3.28. The van der Waals surface area contributed by atoms with E-state index in [4.69, 9.17) is 0 Å². The summed E-state index contributed by atoms with van der Waals surface area (Å²) in [5.41, 5.74) is 2.84. The van der Waals surface area contributed by atoms with E-state index in [0.717, 1.165) is 18.3 Å². The second-order valence-corrected chi connectivity index (χ2v) is 6.50. The van der Waals surface area contributed by atoms with Crippen molar-refractivity contribution in [3.63, 3.8) is 0 Å². The first-order valence-electron chi connectivity index (χ1n) is 8.52. The van der Waals surface area contributed by atoms with E-state index in [1.165, 1.54) is 31.4 Å². The molecule has 0 spiro atoms. The molecule has 0 aromatic heterocycles. The zero-order chi connectivity index (χ0) is 16.1. The fourth-order valence-corrected chi connectivity index (χ4v) is 3.28. The minimum Gasteiger partial charge on any atom is -0.329 e. The highest BCUT2D eigenvalue weighted by molar-refractivity contribution is 6.04. The van der Waals surface area contributed by atoms with Gasteiger partial charge in [0.05, 0.1) is 12.6 Å². The van der Waals surface area contributed by atoms with Crippen LogP contribution in [0.25, 0.3) is 0 Å². The highest BCUT2D eigenvalue weighted by Gasteiger charge is 2.21. The Morgan fingerprint density at radius 2 is 1.83 bits per heavy atom. The first kappa shape index (κ1) is 15.8. The summed E-state index contributed by atoms with van der Waals surface area (Å²) in [6.07, 6.45) is 4.02. The van der Waals surface area contributed by atoms with Gasteiger partial charge in [-0.2, -0.15) is 0 Å². The van der Waals surface area contributed by atoms with Crippen LogP contribution in [0.4, 0.5) is 5.69 Å². The lowest BCUT2D eigenvalue weighted by Crippen LogP contribution is -3.14. The van der Waals surface area contributed by atoms with Crippen LogP contribution in [0.3, 0.4) is 0 Å². The van der Waals surface area contributed by atoms with Gasteiger partial charge in [0.15, 0.2) is 0 Å². The minimum absolute atomic E-state index is 0.0542. The van der Waals surface area contributed by atoms with Crippen molar-refractivity contribution < 1.29 is 9.69 Å². The van der Waals surface area contributed by atoms with Crippen molar-refractivity contribution in [1.29, 1.82) is 0 Å². The monoisotopic (exact) mass is 309 g/mol. The standard InChI is InChI=1S/C20H24N2O/c1-16-7-5-6-14-22(16)15-17-10-12-18(13-11-17)20(23)21-19-8-3-2-4-9-19/h2-4,8-13,16H,5-7,14-15H2,1H3,(H,21,23)/p+1/t16-/m0/s1. The molecule has 23 heavy (non-hydrogen) atoms. The number of benzene rings is 2. The number of nitrogens with one attached hydrogen (secondary N) is 2. The second kappa shape index (κ2) is 7.42. The maximum atomic E-state index is 12.3. The van der Waals surface area contributed by atoms with Crippen molar-refractivity contribution in [2.75, 3.05) is 11.9 Å². The molecule has 2 N–H and O–H groups in total. The molecule has 2 aromatic rings. The molecule has 3 rings (SSSR count). The van der Waals surface area contributed by atoms with E-state index in [-0.39, 0.29) is 5.91 Å². The van der Waals surface area contributed by atoms with Gasteiger partial charge in [0.1, 0.15) is 6.54 Å². The van der Waals surface area contributed by atoms with E-state index < -0.39 is 0 Å². The summed E-state index contributed by atoms with van der Waals surface area (Å²) in [6.45, 7) is 4.66. The zero-order valence-corrected chi connectivity index (χ0v) is 13.7. The van der Waals surface area contributed by atoms with Crippen molar-refractivity contribution in [2.45, 2.75) is 38.8 Å². The van der Waals surface area contributed by atoms with Gasteiger partial charge in [-0.25, -0.2) is 0 Å². The number of amides is 1. The molecular weight excluding hydrogens is 284 g/mol. The molecule has 0 radical (unpaired) electrons. The summed E-state index contributed by atoms with van der Waals surface area (Å²) in [4.78, 5) is 13.9. The smallest absolute Gasteiger partial charge is 0.255 e. The summed E-state index contributed by atoms with van der Waals surface area (Å²) in [5.74, 6) is -0.0542. The number of likely N-dealkylation sites (tertiary alicyclic amines) is 1. The third-order valence-electron chi connectivity index (χ3n) is 4.76. The predicted octanol–water partition coefficient (Wildman–Crippen LogP) is 2.90. The van der Waals surface area contributed by atoms with E-state index in [9.17, 15) is 4.79 Å². The van der Waals surface area contributed by atoms with Gasteiger partial charge < -0.3 is 10.2 Å². The Balaban J connectivity index is 1.61. The maximum Gasteiger partial charge on any atom is 0.255 e. The van der Waals surface area contributed by atoms with Crippen LogP contribution in [0.5, 0.6) is 0 Å². The number of anilines is 1. The molecule has 1 aliphatic heterocycles. The predicted molar refractivity (Wildman–Crippen MR) is 93.7 cm³/mol. The van der Waals surface area contributed by atoms with Crippen LogP contribution >= 0.6 is 0 Å². The number of hydrogen-bond acceptors (Lipinski definition) is 1. The fraction of sp³-hybridized carbons (Fsp3) is 0.350. The summed E-state index contributed by atoms with van der Waals surface area (Å²) in [7, 11) is 0. The van der Waals surface area contributed by atoms with E-state index in [2.05, 4.69) is 24.4 Å². The zero-order valence-electron chi connectivity index (χ0n) is 13.7. The van der Waals surface area contributed by atoms with Crippen molar-refractivity contribution in [3.8, 4) is 0 Å². The quantitative estimate of drug-likeness (QED) is 0.894. The average molecular weight is 309 g/mol. The lowest BCUT2D eigenvalue weighted by molar-refractivity contribution is -0.941. The second-order valence-electron chi connectivity index (χ2n) is 6.50. The number of rotatable bonds is 4. The molecule has 0 bridgehead atoms. The van der Waals surface area contributed by atoms with Crippen LogP contribution in [0, 0.1) is 0 Å². The lowest BCUT2D eigenvalue weighted by atomic mass is 10.0. The molecule has 2 aromatic carbocycles. The van der Waals surface area contributed by atoms with Crippen molar-refractivity contribution in [2.24, 2.45) is 0 Å². The SMILES string of the molecule is C[C@H]1CCCC[NH+]1Cc1ccc(C(=O)Nc2ccccc2)cc1. The Morgan fingerprint density at radius 1 is 1.09 bits per heavy atom. The molecule has 1 aliphatic rings. The van der Waals surface area contributed by atoms with Gasteiger partial charge in [-0.1, -0.05) is 30.3 Å². The molecule has 3 nitrogen and oxygen atoms in total. The summed E-state index contributed by atoms with van der Waals surface area (Å²) in [6, 6.07) is 18.4. The highest BCUT2D eigenvalue weighted by Crippen LogP contribution is 2.10. The lowest BCUT2D eigenvalue weighted by Gasteiger charge is -2.30. The number of hydrogen-bond donors (Lipinski definition) is 2. The van der Waals surface area contributed by atoms with Gasteiger partial charge in [-0.15, -0.1) is 0 Å². The van der Waals surface area contributed by atoms with Crippen molar-refractivity contribution in [1.82, 2.24) is 0 Å². The normalized spacial score (nSPS) is 20.9. The van der Waals surface area contributed by atoms with Crippen LogP contribution in [-0.4, -0.2) is 18.5 Å². The number of quaternary nitrogens is 1. The Bertz CT molecular complexity index is 636. The van der Waals surface area contributed by atoms with Crippen LogP contribution in [0.1, 0.15) is 42.1 Å². The molecule has 1 saturated heterocycles. The summed E-state index contributed by atoms with van der Waals surface area (Å²) >= 11 is 0. The number of piperidine rings is 1. The Kier molecular flexibility index (Phi) is 5.09. The highest BCUT2D eigenvalue weighted by atomic mass is 16.1. The summed E-state index contributed by atoms with van der Waals surface area (Å²) < 4.78 is 0. The van der Waals surface area contributed by atoms with Crippen LogP contribution < -0.4 is 10.2 Å². The molecule has 120 valence electrons. The Hall–Kier alpha value is -2.13. The van der Waals surface area contributed by atoms with Gasteiger partial charge in [-0.3, -0.25) is 4.79 Å². The summed E-state index contributed by atoms with van der Waals surface area (Å²) in [5, 5.41) is 2.92. The Labute approximate surface area is 138 Å². The van der Waals surface area contributed by atoms with Gasteiger partial charge >= 0.3 is 0 Å². The maximum absolute atomic E-state index is 12.3. The molecule has 1 fully saturated rings. The molecule has 1 unspecified atom stereocenters. The van der Waals surface area contributed by atoms with Gasteiger partial charge in [0.2, 0.25) is 0 Å². The first-order chi connectivity index (χ1) is 11.2. The molecule has 3 heteroatoms. The van der Waals surface area contributed by atoms with E-state index in [1.54, 1.807) is 4.90 Å². The average Bonchev–Trinajstić information content (AvgIpc) is 2.58. The van der Waals surface area contributed by atoms with Crippen molar-refractivity contribution in [3.05, 3.63) is 65.7 Å². The molecule has 0 saturated carbocycles. The molecule has 0 aliphatic carbocycles. The number of carbonyl (C=O) groups excluding carboxylic acids is 1. The van der Waals surface area contributed by atoms with Crippen LogP contribution in [0.15, 0.2) is 54.6 Å². The van der Waals surface area contributed by atoms with Crippen LogP contribution in [0.2, 0.25) is 0 Å². The van der Waals surface area contributed by atoms with E-state index in [0.29, 0.717) is 5.56 Å².